The van der Waals surface area contributed by atoms with Crippen LogP contribution in [0.25, 0.3) is 0 Å². The summed E-state index contributed by atoms with van der Waals surface area (Å²) >= 11 is 0. The van der Waals surface area contributed by atoms with Gasteiger partial charge in [-0.15, -0.1) is 0 Å². The molecule has 2 aromatic rings. The predicted molar refractivity (Wildman–Crippen MR) is 119 cm³/mol. The second-order valence-corrected chi connectivity index (χ2v) is 9.00. The lowest BCUT2D eigenvalue weighted by atomic mass is 10.0. The van der Waals surface area contributed by atoms with Gasteiger partial charge in [0, 0.05) is 45.0 Å². The van der Waals surface area contributed by atoms with E-state index in [9.17, 15) is 18.8 Å². The Morgan fingerprint density at radius 3 is 2.44 bits per heavy atom. The zero-order chi connectivity index (χ0) is 23.0. The van der Waals surface area contributed by atoms with Crippen LogP contribution in [-0.2, 0) is 13.5 Å². The molecule has 32 heavy (non-hydrogen) atoms. The Labute approximate surface area is 186 Å². The molecule has 2 amide bonds. The Hall–Kier alpha value is -3.00. The number of fused-ring (bicyclic) bond motifs is 1. The summed E-state index contributed by atoms with van der Waals surface area (Å²) in [6, 6.07) is 7.89. The van der Waals surface area contributed by atoms with Crippen molar-refractivity contribution in [2.45, 2.75) is 19.8 Å². The largest absolute Gasteiger partial charge is 0.366 e. The van der Waals surface area contributed by atoms with Gasteiger partial charge in [0.15, 0.2) is 0 Å². The number of pyridine rings is 1. The molecule has 2 aliphatic heterocycles. The number of amides is 2. The highest BCUT2D eigenvalue weighted by Gasteiger charge is 2.42. The first kappa shape index (κ1) is 22.2. The molecule has 2 atom stereocenters. The average molecular weight is 441 g/mol. The van der Waals surface area contributed by atoms with Crippen molar-refractivity contribution in [1.29, 1.82) is 0 Å². The number of rotatable bonds is 6. The molecule has 1 aromatic heterocycles. The lowest BCUT2D eigenvalue weighted by molar-refractivity contribution is 0.0766. The molecule has 170 valence electrons. The van der Waals surface area contributed by atoms with E-state index in [1.165, 1.54) is 10.6 Å². The summed E-state index contributed by atoms with van der Waals surface area (Å²) in [5, 5.41) is 0. The summed E-state index contributed by atoms with van der Waals surface area (Å²) in [6.45, 7) is 5.72. The molecule has 3 heterocycles. The standard InChI is InChI=1S/C24H29FN4O3/c1-15-22(20(23(26)31)10-21(30)27(15)2)24(32)29-13-17-11-28(12-18(17)14-29)8-4-6-16-5-3-7-19(25)9-16/h3,5,7,9-10,17-18H,4,6,8,11-14H2,1-2H3,(H2,26,31)/t17-,18?/m0/s1. The third kappa shape index (κ3) is 4.32. The van der Waals surface area contributed by atoms with Crippen LogP contribution in [0, 0.1) is 24.6 Å². The maximum Gasteiger partial charge on any atom is 0.256 e. The van der Waals surface area contributed by atoms with Gasteiger partial charge in [-0.25, -0.2) is 4.39 Å². The highest BCUT2D eigenvalue weighted by molar-refractivity contribution is 6.07. The molecule has 2 aliphatic rings. The molecule has 0 saturated carbocycles. The Morgan fingerprint density at radius 2 is 1.81 bits per heavy atom. The summed E-state index contributed by atoms with van der Waals surface area (Å²) in [6.07, 6.45) is 1.81. The summed E-state index contributed by atoms with van der Waals surface area (Å²) in [5.74, 6) is -0.427. The minimum Gasteiger partial charge on any atom is -0.366 e. The molecule has 0 bridgehead atoms. The van der Waals surface area contributed by atoms with Crippen LogP contribution in [0.5, 0.6) is 0 Å². The predicted octanol–water partition coefficient (Wildman–Crippen LogP) is 1.57. The molecular weight excluding hydrogens is 411 g/mol. The number of benzene rings is 1. The summed E-state index contributed by atoms with van der Waals surface area (Å²) < 4.78 is 14.7. The van der Waals surface area contributed by atoms with Crippen molar-refractivity contribution in [3.63, 3.8) is 0 Å². The van der Waals surface area contributed by atoms with Gasteiger partial charge in [0.25, 0.3) is 11.5 Å². The molecule has 4 rings (SSSR count). The first-order chi connectivity index (χ1) is 15.2. The number of primary amides is 1. The zero-order valence-electron chi connectivity index (χ0n) is 18.5. The number of nitrogens with zero attached hydrogens (tertiary/aromatic N) is 3. The van der Waals surface area contributed by atoms with E-state index in [0.29, 0.717) is 30.6 Å². The van der Waals surface area contributed by atoms with Crippen LogP contribution in [-0.4, -0.2) is 58.9 Å². The van der Waals surface area contributed by atoms with Crippen molar-refractivity contribution in [1.82, 2.24) is 14.4 Å². The molecule has 7 nitrogen and oxygen atoms in total. The Kier molecular flexibility index (Phi) is 6.15. The quantitative estimate of drug-likeness (QED) is 0.739. The lowest BCUT2D eigenvalue weighted by Crippen LogP contribution is -2.37. The van der Waals surface area contributed by atoms with Crippen LogP contribution in [0.15, 0.2) is 35.1 Å². The van der Waals surface area contributed by atoms with Crippen molar-refractivity contribution < 1.29 is 14.0 Å². The maximum atomic E-state index is 13.3. The molecule has 1 unspecified atom stereocenters. The van der Waals surface area contributed by atoms with Crippen molar-refractivity contribution in [2.24, 2.45) is 24.6 Å². The van der Waals surface area contributed by atoms with Gasteiger partial charge in [-0.1, -0.05) is 12.1 Å². The molecule has 0 aliphatic carbocycles. The second kappa shape index (κ2) is 8.86. The van der Waals surface area contributed by atoms with Crippen LogP contribution in [0.1, 0.15) is 38.4 Å². The van der Waals surface area contributed by atoms with E-state index >= 15 is 0 Å². The highest BCUT2D eigenvalue weighted by Crippen LogP contribution is 2.32. The number of carbonyl (C=O) groups is 2. The molecule has 8 heteroatoms. The van der Waals surface area contributed by atoms with Crippen LogP contribution in [0.2, 0.25) is 0 Å². The van der Waals surface area contributed by atoms with Crippen LogP contribution in [0.3, 0.4) is 0 Å². The van der Waals surface area contributed by atoms with E-state index < -0.39 is 5.91 Å². The first-order valence-corrected chi connectivity index (χ1v) is 11.0. The number of nitrogens with two attached hydrogens (primary N) is 1. The zero-order valence-corrected chi connectivity index (χ0v) is 18.5. The van der Waals surface area contributed by atoms with E-state index in [1.807, 2.05) is 6.07 Å². The Bertz CT molecular complexity index is 1100. The van der Waals surface area contributed by atoms with Gasteiger partial charge < -0.3 is 20.1 Å². The number of aryl methyl sites for hydroxylation is 1. The maximum absolute atomic E-state index is 13.3. The van der Waals surface area contributed by atoms with Gasteiger partial charge in [0.05, 0.1) is 11.1 Å². The fourth-order valence-corrected chi connectivity index (χ4v) is 5.08. The third-order valence-corrected chi connectivity index (χ3v) is 6.89. The van der Waals surface area contributed by atoms with E-state index in [1.54, 1.807) is 31.0 Å². The highest BCUT2D eigenvalue weighted by atomic mass is 19.1. The minimum absolute atomic E-state index is 0.00775. The molecule has 1 aromatic carbocycles. The topological polar surface area (TPSA) is 88.6 Å². The number of carbonyl (C=O) groups excluding carboxylic acids is 2. The summed E-state index contributed by atoms with van der Waals surface area (Å²) in [5.41, 5.74) is 6.78. The molecule has 0 spiro atoms. The van der Waals surface area contributed by atoms with Crippen LogP contribution < -0.4 is 11.3 Å². The van der Waals surface area contributed by atoms with E-state index in [-0.39, 0.29) is 28.4 Å². The van der Waals surface area contributed by atoms with Gasteiger partial charge in [-0.2, -0.15) is 0 Å². The molecule has 0 radical (unpaired) electrons. The lowest BCUT2D eigenvalue weighted by Gasteiger charge is -2.23. The smallest absolute Gasteiger partial charge is 0.256 e. The first-order valence-electron chi connectivity index (χ1n) is 11.0. The number of hydrogen-bond donors (Lipinski definition) is 1. The average Bonchev–Trinajstić information content (AvgIpc) is 3.30. The SMILES string of the molecule is Cc1c(C(=O)N2CC3CN(CCCc4cccc(F)c4)C[C@H]3C2)c(C(N)=O)cc(=O)n1C. The fraction of sp³-hybridized carbons (Fsp3) is 0.458. The van der Waals surface area contributed by atoms with Crippen molar-refractivity contribution in [3.05, 3.63) is 68.9 Å². The normalized spacial score (nSPS) is 20.5. The molecular formula is C24H29FN4O3. The van der Waals surface area contributed by atoms with Crippen molar-refractivity contribution in [3.8, 4) is 0 Å². The fourth-order valence-electron chi connectivity index (χ4n) is 5.08. The number of likely N-dealkylation sites (tertiary alicyclic amines) is 2. The van der Waals surface area contributed by atoms with Crippen molar-refractivity contribution in [2.75, 3.05) is 32.7 Å². The van der Waals surface area contributed by atoms with Gasteiger partial charge in [0.2, 0.25) is 5.91 Å². The van der Waals surface area contributed by atoms with Gasteiger partial charge in [-0.05, 0) is 55.8 Å². The summed E-state index contributed by atoms with van der Waals surface area (Å²) in [4.78, 5) is 41.4. The second-order valence-electron chi connectivity index (χ2n) is 9.00. The van der Waals surface area contributed by atoms with Crippen LogP contribution >= 0.6 is 0 Å². The van der Waals surface area contributed by atoms with Gasteiger partial charge in [0.1, 0.15) is 5.82 Å². The summed E-state index contributed by atoms with van der Waals surface area (Å²) in [7, 11) is 1.58. The number of hydrogen-bond acceptors (Lipinski definition) is 4. The van der Waals surface area contributed by atoms with Gasteiger partial charge >= 0.3 is 0 Å². The van der Waals surface area contributed by atoms with E-state index in [2.05, 4.69) is 4.90 Å². The van der Waals surface area contributed by atoms with E-state index in [0.717, 1.165) is 44.1 Å². The molecule has 2 N–H and O–H groups in total. The van der Waals surface area contributed by atoms with Gasteiger partial charge in [-0.3, -0.25) is 14.4 Å². The van der Waals surface area contributed by atoms with E-state index in [4.69, 9.17) is 5.73 Å². The Balaban J connectivity index is 1.37. The van der Waals surface area contributed by atoms with Crippen LogP contribution in [0.4, 0.5) is 4.39 Å². The third-order valence-electron chi connectivity index (χ3n) is 6.89. The van der Waals surface area contributed by atoms with Crippen molar-refractivity contribution >= 4 is 11.8 Å². The number of halogens is 1. The number of aromatic nitrogens is 1. The monoisotopic (exact) mass is 440 g/mol. The Morgan fingerprint density at radius 1 is 1.12 bits per heavy atom. The molecule has 2 fully saturated rings. The molecule has 2 saturated heterocycles. The minimum atomic E-state index is -0.766.